The van der Waals surface area contributed by atoms with Crippen molar-refractivity contribution < 1.29 is 23.0 Å². The molecule has 0 heterocycles. The summed E-state index contributed by atoms with van der Waals surface area (Å²) < 4.78 is 41.6. The zero-order valence-corrected chi connectivity index (χ0v) is 19.0. The van der Waals surface area contributed by atoms with Crippen LogP contribution in [0.15, 0.2) is 41.3 Å². The summed E-state index contributed by atoms with van der Waals surface area (Å²) >= 11 is 0. The lowest BCUT2D eigenvalue weighted by Crippen LogP contribution is -2.40. The van der Waals surface area contributed by atoms with Gasteiger partial charge in [0.15, 0.2) is 6.35 Å². The van der Waals surface area contributed by atoms with Crippen LogP contribution in [0.3, 0.4) is 0 Å². The Morgan fingerprint density at radius 1 is 1.00 bits per heavy atom. The topological polar surface area (TPSA) is 98.7 Å². The Hall–Kier alpha value is -2.00. The van der Waals surface area contributed by atoms with E-state index >= 15 is 0 Å². The minimum atomic E-state index is -4.26. The predicted octanol–water partition coefficient (Wildman–Crippen LogP) is 3.97. The fraction of sp³-hybridized carbons (Fsp3) is 0.455. The number of anilines is 1. The second kappa shape index (κ2) is 9.01. The molecule has 0 spiro atoms. The number of nitrogens with one attached hydrogen (secondary N) is 2. The summed E-state index contributed by atoms with van der Waals surface area (Å²) in [7, 11) is -4.26. The Kier molecular flexibility index (Phi) is 7.29. The van der Waals surface area contributed by atoms with E-state index < -0.39 is 27.8 Å². The Bertz CT molecular complexity index is 972. The zero-order chi connectivity index (χ0) is 22.9. The molecule has 0 fully saturated rings. The third-order valence-corrected chi connectivity index (χ3v) is 6.20. The van der Waals surface area contributed by atoms with Crippen LogP contribution in [-0.4, -0.2) is 25.0 Å². The van der Waals surface area contributed by atoms with Gasteiger partial charge in [-0.1, -0.05) is 45.9 Å². The molecule has 2 rings (SSSR count). The van der Waals surface area contributed by atoms with Gasteiger partial charge < -0.3 is 15.5 Å². The lowest BCUT2D eigenvalue weighted by molar-refractivity contribution is 0.0780. The number of halogens is 1. The molecule has 0 amide bonds. The van der Waals surface area contributed by atoms with Crippen molar-refractivity contribution in [2.75, 3.05) is 5.32 Å². The number of hydrogen-bond donors (Lipinski definition) is 4. The SMILES string of the molecule is CC(C)c1cccc(C(C)C)c1NC(O)NS(=O)(=O)c1cc(F)cc(C(C)(C)O)c1. The van der Waals surface area contributed by atoms with Crippen LogP contribution in [0.25, 0.3) is 0 Å². The van der Waals surface area contributed by atoms with Crippen LogP contribution in [0.4, 0.5) is 10.1 Å². The van der Waals surface area contributed by atoms with Crippen molar-refractivity contribution in [1.29, 1.82) is 0 Å². The number of benzene rings is 2. The molecule has 4 N–H and O–H groups in total. The molecule has 1 atom stereocenters. The van der Waals surface area contributed by atoms with Crippen molar-refractivity contribution in [2.45, 2.75) is 70.2 Å². The number of para-hydroxylation sites is 1. The van der Waals surface area contributed by atoms with Gasteiger partial charge in [0, 0.05) is 5.69 Å². The highest BCUT2D eigenvalue weighted by Gasteiger charge is 2.25. The number of rotatable bonds is 8. The van der Waals surface area contributed by atoms with Crippen molar-refractivity contribution in [3.8, 4) is 0 Å². The van der Waals surface area contributed by atoms with E-state index in [2.05, 4.69) is 10.0 Å². The lowest BCUT2D eigenvalue weighted by atomic mass is 9.93. The smallest absolute Gasteiger partial charge is 0.244 e. The van der Waals surface area contributed by atoms with Gasteiger partial charge >= 0.3 is 0 Å². The highest BCUT2D eigenvalue weighted by molar-refractivity contribution is 7.89. The van der Waals surface area contributed by atoms with Crippen molar-refractivity contribution in [2.24, 2.45) is 0 Å². The van der Waals surface area contributed by atoms with Crippen LogP contribution in [0.2, 0.25) is 0 Å². The maximum absolute atomic E-state index is 14.0. The maximum Gasteiger partial charge on any atom is 0.244 e. The standard InChI is InChI=1S/C22H31FN2O4S/c1-13(2)18-8-7-9-19(14(3)4)20(18)24-21(26)25-30(28,29)17-11-15(22(5,6)27)10-16(23)12-17/h7-14,21,24-27H,1-6H3. The van der Waals surface area contributed by atoms with Gasteiger partial charge in [0.1, 0.15) is 5.82 Å². The van der Waals surface area contributed by atoms with E-state index in [1.807, 2.05) is 45.9 Å². The van der Waals surface area contributed by atoms with Gasteiger partial charge in [0.05, 0.1) is 10.5 Å². The molecule has 1 unspecified atom stereocenters. The Labute approximate surface area is 178 Å². The molecule has 6 nitrogen and oxygen atoms in total. The molecule has 2 aromatic carbocycles. The summed E-state index contributed by atoms with van der Waals surface area (Å²) in [5.74, 6) is -0.509. The average molecular weight is 439 g/mol. The molecule has 2 aromatic rings. The first kappa shape index (κ1) is 24.3. The second-order valence-corrected chi connectivity index (χ2v) is 10.2. The van der Waals surface area contributed by atoms with Crippen LogP contribution in [-0.2, 0) is 15.6 Å². The highest BCUT2D eigenvalue weighted by atomic mass is 32.2. The summed E-state index contributed by atoms with van der Waals surface area (Å²) in [6.45, 7) is 10.9. The minimum Gasteiger partial charge on any atom is -0.386 e. The van der Waals surface area contributed by atoms with E-state index in [1.54, 1.807) is 0 Å². The number of aliphatic hydroxyl groups excluding tert-OH is 1. The van der Waals surface area contributed by atoms with E-state index in [0.717, 1.165) is 23.3 Å². The maximum atomic E-state index is 14.0. The van der Waals surface area contributed by atoms with E-state index in [1.165, 1.54) is 19.9 Å². The minimum absolute atomic E-state index is 0.109. The molecule has 0 saturated carbocycles. The fourth-order valence-electron chi connectivity index (χ4n) is 3.17. The number of aliphatic hydroxyl groups is 2. The molecule has 8 heteroatoms. The van der Waals surface area contributed by atoms with Crippen molar-refractivity contribution in [1.82, 2.24) is 4.72 Å². The summed E-state index contributed by atoms with van der Waals surface area (Å²) in [5, 5.41) is 23.4. The summed E-state index contributed by atoms with van der Waals surface area (Å²) in [4.78, 5) is -0.387. The molecule has 0 aliphatic heterocycles. The van der Waals surface area contributed by atoms with E-state index in [0.29, 0.717) is 5.69 Å². The van der Waals surface area contributed by atoms with Crippen LogP contribution >= 0.6 is 0 Å². The third kappa shape index (κ3) is 5.78. The van der Waals surface area contributed by atoms with E-state index in [9.17, 15) is 23.0 Å². The first-order valence-electron chi connectivity index (χ1n) is 9.85. The lowest BCUT2D eigenvalue weighted by Gasteiger charge is -2.24. The summed E-state index contributed by atoms with van der Waals surface area (Å²) in [6.07, 6.45) is -1.64. The van der Waals surface area contributed by atoms with Gasteiger partial charge in [-0.2, -0.15) is 4.72 Å². The Balaban J connectivity index is 2.35. The zero-order valence-electron chi connectivity index (χ0n) is 18.2. The van der Waals surface area contributed by atoms with Crippen molar-refractivity contribution in [3.63, 3.8) is 0 Å². The van der Waals surface area contributed by atoms with E-state index in [-0.39, 0.29) is 22.3 Å². The molecule has 0 radical (unpaired) electrons. The van der Waals surface area contributed by atoms with Crippen LogP contribution in [0.5, 0.6) is 0 Å². The molecule has 0 aliphatic rings. The molecular formula is C22H31FN2O4S. The van der Waals surface area contributed by atoms with Gasteiger partial charge in [-0.3, -0.25) is 0 Å². The quantitative estimate of drug-likeness (QED) is 0.468. The predicted molar refractivity (Wildman–Crippen MR) is 116 cm³/mol. The highest BCUT2D eigenvalue weighted by Crippen LogP contribution is 2.32. The second-order valence-electron chi connectivity index (χ2n) is 8.52. The Morgan fingerprint density at radius 2 is 1.53 bits per heavy atom. The molecule has 0 aromatic heterocycles. The first-order valence-corrected chi connectivity index (χ1v) is 11.3. The van der Waals surface area contributed by atoms with E-state index in [4.69, 9.17) is 0 Å². The molecule has 30 heavy (non-hydrogen) atoms. The van der Waals surface area contributed by atoms with Crippen LogP contribution in [0, 0.1) is 5.82 Å². The monoisotopic (exact) mass is 438 g/mol. The molecule has 0 aliphatic carbocycles. The van der Waals surface area contributed by atoms with Crippen LogP contribution < -0.4 is 10.0 Å². The van der Waals surface area contributed by atoms with Crippen molar-refractivity contribution in [3.05, 3.63) is 58.9 Å². The number of hydrogen-bond acceptors (Lipinski definition) is 5. The molecule has 166 valence electrons. The van der Waals surface area contributed by atoms with Crippen molar-refractivity contribution >= 4 is 15.7 Å². The van der Waals surface area contributed by atoms with Gasteiger partial charge in [-0.15, -0.1) is 0 Å². The number of sulfonamides is 1. The molecular weight excluding hydrogens is 407 g/mol. The van der Waals surface area contributed by atoms with Gasteiger partial charge in [0.25, 0.3) is 0 Å². The van der Waals surface area contributed by atoms with Gasteiger partial charge in [-0.25, -0.2) is 12.8 Å². The summed E-state index contributed by atoms with van der Waals surface area (Å²) in [5.41, 5.74) is 1.22. The first-order chi connectivity index (χ1) is 13.7. The van der Waals surface area contributed by atoms with Gasteiger partial charge in [-0.05, 0) is 60.6 Å². The van der Waals surface area contributed by atoms with Gasteiger partial charge in [0.2, 0.25) is 10.0 Å². The third-order valence-electron chi connectivity index (χ3n) is 4.81. The van der Waals surface area contributed by atoms with Crippen LogP contribution in [0.1, 0.15) is 70.1 Å². The molecule has 0 saturated heterocycles. The summed E-state index contributed by atoms with van der Waals surface area (Å²) in [6, 6.07) is 8.86. The Morgan fingerprint density at radius 3 is 2.00 bits per heavy atom. The fourth-order valence-corrected chi connectivity index (χ4v) is 4.21. The normalized spacial score (nSPS) is 13.7. The molecule has 0 bridgehead atoms. The largest absolute Gasteiger partial charge is 0.386 e. The average Bonchev–Trinajstić information content (AvgIpc) is 2.59.